The largest absolute Gasteiger partial charge is 0.354 e. The maximum Gasteiger partial charge on any atom is 0.264 e. The van der Waals surface area contributed by atoms with Crippen molar-refractivity contribution in [2.75, 3.05) is 23.1 Å². The molecule has 0 saturated heterocycles. The summed E-state index contributed by atoms with van der Waals surface area (Å²) < 4.78 is 27.8. The summed E-state index contributed by atoms with van der Waals surface area (Å²) in [5.41, 5.74) is 2.37. The first-order chi connectivity index (χ1) is 15.8. The van der Waals surface area contributed by atoms with Crippen molar-refractivity contribution in [3.8, 4) is 0 Å². The summed E-state index contributed by atoms with van der Waals surface area (Å²) in [6.45, 7) is 1.94. The van der Waals surface area contributed by atoms with Gasteiger partial charge in [0.25, 0.3) is 10.0 Å². The Morgan fingerprint density at radius 3 is 2.30 bits per heavy atom. The highest BCUT2D eigenvalue weighted by Gasteiger charge is 2.27. The maximum atomic E-state index is 13.3. The Bertz CT molecular complexity index is 1200. The van der Waals surface area contributed by atoms with Crippen molar-refractivity contribution in [1.29, 1.82) is 0 Å². The van der Waals surface area contributed by atoms with Crippen molar-refractivity contribution in [3.63, 3.8) is 0 Å². The maximum absolute atomic E-state index is 13.3. The van der Waals surface area contributed by atoms with Crippen LogP contribution in [-0.2, 0) is 20.6 Å². The molecule has 1 N–H and O–H groups in total. The molecule has 0 spiro atoms. The van der Waals surface area contributed by atoms with Gasteiger partial charge in [0.2, 0.25) is 5.91 Å². The van der Waals surface area contributed by atoms with Crippen molar-refractivity contribution < 1.29 is 13.2 Å². The minimum atomic E-state index is -3.96. The van der Waals surface area contributed by atoms with E-state index in [2.05, 4.69) is 5.32 Å². The summed E-state index contributed by atoms with van der Waals surface area (Å²) in [4.78, 5) is 12.8. The molecule has 0 heterocycles. The molecule has 3 rings (SSSR count). The number of thioether (sulfide) groups is 1. The van der Waals surface area contributed by atoms with E-state index in [0.717, 1.165) is 21.2 Å². The Hall–Kier alpha value is -2.19. The molecular formula is C24H24Cl2N2O3S2. The zero-order chi connectivity index (χ0) is 23.8. The van der Waals surface area contributed by atoms with Gasteiger partial charge in [0.15, 0.2) is 0 Å². The van der Waals surface area contributed by atoms with E-state index in [0.29, 0.717) is 28.0 Å². The molecule has 0 fully saturated rings. The van der Waals surface area contributed by atoms with Gasteiger partial charge in [-0.25, -0.2) is 8.42 Å². The molecule has 0 aliphatic heterocycles. The van der Waals surface area contributed by atoms with E-state index in [-0.39, 0.29) is 11.4 Å². The molecule has 0 aliphatic rings. The lowest BCUT2D eigenvalue weighted by Gasteiger charge is -2.24. The lowest BCUT2D eigenvalue weighted by molar-refractivity contribution is -0.119. The quantitative estimate of drug-likeness (QED) is 0.354. The third-order valence-electron chi connectivity index (χ3n) is 4.72. The highest BCUT2D eigenvalue weighted by Crippen LogP contribution is 2.26. The van der Waals surface area contributed by atoms with E-state index in [1.54, 1.807) is 42.1 Å². The van der Waals surface area contributed by atoms with Crippen molar-refractivity contribution in [1.82, 2.24) is 5.32 Å². The van der Waals surface area contributed by atoms with Gasteiger partial charge in [0, 0.05) is 28.1 Å². The van der Waals surface area contributed by atoms with Crippen LogP contribution in [0.15, 0.2) is 77.7 Å². The minimum absolute atomic E-state index is 0.109. The predicted molar refractivity (Wildman–Crippen MR) is 138 cm³/mol. The summed E-state index contributed by atoms with van der Waals surface area (Å²) in [6, 6.07) is 20.6. The van der Waals surface area contributed by atoms with E-state index < -0.39 is 15.9 Å². The molecule has 0 unspecified atom stereocenters. The molecule has 9 heteroatoms. The molecule has 0 saturated carbocycles. The number of benzene rings is 3. The average molecular weight is 524 g/mol. The first-order valence-corrected chi connectivity index (χ1v) is 13.5. The monoisotopic (exact) mass is 522 g/mol. The average Bonchev–Trinajstić information content (AvgIpc) is 2.77. The highest BCUT2D eigenvalue weighted by molar-refractivity contribution is 7.98. The molecule has 174 valence electrons. The zero-order valence-electron chi connectivity index (χ0n) is 18.0. The van der Waals surface area contributed by atoms with Crippen LogP contribution >= 0.6 is 35.0 Å². The minimum Gasteiger partial charge on any atom is -0.354 e. The van der Waals surface area contributed by atoms with Gasteiger partial charge in [-0.05, 0) is 55.0 Å². The first-order valence-electron chi connectivity index (χ1n) is 10.2. The summed E-state index contributed by atoms with van der Waals surface area (Å²) >= 11 is 13.7. The number of hydrogen-bond acceptors (Lipinski definition) is 4. The fraction of sp³-hybridized carbons (Fsp3) is 0.208. The standard InChI is InChI=1S/C24H24Cl2N2O3S2/c1-18-8-10-23(11-9-18)33(30,31)28(22-7-3-6-21(26)15-22)16-24(29)27-12-13-32-17-19-4-2-5-20(25)14-19/h2-11,14-15H,12-13,16-17H2,1H3,(H,27,29). The second-order valence-corrected chi connectivity index (χ2v) is 11.2. The van der Waals surface area contributed by atoms with Crippen LogP contribution in [0.25, 0.3) is 0 Å². The molecule has 0 atom stereocenters. The van der Waals surface area contributed by atoms with Crippen LogP contribution in [0.1, 0.15) is 11.1 Å². The third kappa shape index (κ3) is 7.40. The van der Waals surface area contributed by atoms with Crippen LogP contribution < -0.4 is 9.62 Å². The summed E-state index contributed by atoms with van der Waals surface area (Å²) in [5, 5.41) is 3.88. The van der Waals surface area contributed by atoms with E-state index in [9.17, 15) is 13.2 Å². The van der Waals surface area contributed by atoms with Crippen molar-refractivity contribution in [2.24, 2.45) is 0 Å². The van der Waals surface area contributed by atoms with Crippen molar-refractivity contribution in [2.45, 2.75) is 17.6 Å². The Labute approximate surface area is 209 Å². The van der Waals surface area contributed by atoms with Gasteiger partial charge in [-0.1, -0.05) is 59.1 Å². The normalized spacial score (nSPS) is 11.2. The topological polar surface area (TPSA) is 66.5 Å². The summed E-state index contributed by atoms with van der Waals surface area (Å²) in [6.07, 6.45) is 0. The number of anilines is 1. The lowest BCUT2D eigenvalue weighted by Crippen LogP contribution is -2.41. The van der Waals surface area contributed by atoms with E-state index in [1.165, 1.54) is 18.2 Å². The smallest absolute Gasteiger partial charge is 0.264 e. The van der Waals surface area contributed by atoms with Crippen LogP contribution in [0.5, 0.6) is 0 Å². The number of hydrogen-bond donors (Lipinski definition) is 1. The molecule has 1 amide bonds. The number of nitrogens with one attached hydrogen (secondary N) is 1. The van der Waals surface area contributed by atoms with E-state index in [1.807, 2.05) is 31.2 Å². The van der Waals surface area contributed by atoms with Crippen LogP contribution in [-0.4, -0.2) is 33.2 Å². The Morgan fingerprint density at radius 1 is 0.970 bits per heavy atom. The number of amides is 1. The van der Waals surface area contributed by atoms with E-state index in [4.69, 9.17) is 23.2 Å². The van der Waals surface area contributed by atoms with Gasteiger partial charge in [-0.15, -0.1) is 0 Å². The van der Waals surface area contributed by atoms with Gasteiger partial charge >= 0.3 is 0 Å². The van der Waals surface area contributed by atoms with Crippen molar-refractivity contribution in [3.05, 3.63) is 94.0 Å². The highest BCUT2D eigenvalue weighted by atomic mass is 35.5. The predicted octanol–water partition coefficient (Wildman–Crippen LogP) is 5.55. The zero-order valence-corrected chi connectivity index (χ0v) is 21.1. The molecule has 0 radical (unpaired) electrons. The summed E-state index contributed by atoms with van der Waals surface area (Å²) in [7, 11) is -3.96. The summed E-state index contributed by atoms with van der Waals surface area (Å²) in [5.74, 6) is 1.06. The van der Waals surface area contributed by atoms with Crippen LogP contribution in [0, 0.1) is 6.92 Å². The molecular weight excluding hydrogens is 499 g/mol. The first kappa shape index (κ1) is 25.4. The van der Waals surface area contributed by atoms with Gasteiger partial charge < -0.3 is 5.32 Å². The molecule has 0 aromatic heterocycles. The Balaban J connectivity index is 1.64. The van der Waals surface area contributed by atoms with Gasteiger partial charge in [0.05, 0.1) is 10.6 Å². The number of carbonyl (C=O) groups excluding carboxylic acids is 1. The lowest BCUT2D eigenvalue weighted by atomic mass is 10.2. The second kappa shape index (κ2) is 11.8. The second-order valence-electron chi connectivity index (χ2n) is 7.34. The van der Waals surface area contributed by atoms with Gasteiger partial charge in [0.1, 0.15) is 6.54 Å². The van der Waals surface area contributed by atoms with Crippen LogP contribution in [0.3, 0.4) is 0 Å². The molecule has 0 aliphatic carbocycles. The molecule has 3 aromatic rings. The van der Waals surface area contributed by atoms with Crippen LogP contribution in [0.2, 0.25) is 10.0 Å². The fourth-order valence-corrected chi connectivity index (χ4v) is 5.67. The SMILES string of the molecule is Cc1ccc(S(=O)(=O)N(CC(=O)NCCSCc2cccc(Cl)c2)c2cccc(Cl)c2)cc1. The third-order valence-corrected chi connectivity index (χ3v) is 8.01. The fourth-order valence-electron chi connectivity index (χ4n) is 3.05. The van der Waals surface area contributed by atoms with Gasteiger partial charge in [-0.3, -0.25) is 9.10 Å². The van der Waals surface area contributed by atoms with E-state index >= 15 is 0 Å². The number of aryl methyl sites for hydroxylation is 1. The van der Waals surface area contributed by atoms with Crippen molar-refractivity contribution >= 4 is 56.6 Å². The Morgan fingerprint density at radius 2 is 1.64 bits per heavy atom. The van der Waals surface area contributed by atoms with Crippen LogP contribution in [0.4, 0.5) is 5.69 Å². The molecule has 5 nitrogen and oxygen atoms in total. The number of halogens is 2. The molecule has 33 heavy (non-hydrogen) atoms. The Kier molecular flexibility index (Phi) is 9.09. The number of rotatable bonds is 10. The molecule has 0 bridgehead atoms. The number of sulfonamides is 1. The number of nitrogens with zero attached hydrogens (tertiary/aromatic N) is 1. The van der Waals surface area contributed by atoms with Gasteiger partial charge in [-0.2, -0.15) is 11.8 Å². The number of carbonyl (C=O) groups is 1. The molecule has 3 aromatic carbocycles.